The highest BCUT2D eigenvalue weighted by Crippen LogP contribution is 2.35. The van der Waals surface area contributed by atoms with Gasteiger partial charge in [-0.2, -0.15) is 0 Å². The first kappa shape index (κ1) is 15.5. The minimum absolute atomic E-state index is 0.0774. The van der Waals surface area contributed by atoms with Crippen LogP contribution in [0, 0.1) is 12.8 Å². The van der Waals surface area contributed by atoms with Gasteiger partial charge in [0.05, 0.1) is 19.3 Å². The molecule has 0 saturated carbocycles. The van der Waals surface area contributed by atoms with E-state index >= 15 is 0 Å². The van der Waals surface area contributed by atoms with Gasteiger partial charge in [-0.05, 0) is 36.2 Å². The highest BCUT2D eigenvalue weighted by molar-refractivity contribution is 7.80. The highest BCUT2D eigenvalue weighted by atomic mass is 32.1. The van der Waals surface area contributed by atoms with Crippen molar-refractivity contribution in [2.45, 2.75) is 13.0 Å². The number of ether oxygens (including phenoxy) is 1. The summed E-state index contributed by atoms with van der Waals surface area (Å²) in [6, 6.07) is 1.91. The molecule has 22 heavy (non-hydrogen) atoms. The van der Waals surface area contributed by atoms with Crippen molar-refractivity contribution in [3.8, 4) is 0 Å². The van der Waals surface area contributed by atoms with E-state index in [4.69, 9.17) is 17.0 Å². The molecule has 2 aliphatic heterocycles. The third-order valence-corrected chi connectivity index (χ3v) is 5.36. The number of carbonyl (C=O) groups excluding carboxylic acids is 1. The van der Waals surface area contributed by atoms with Gasteiger partial charge in [-0.1, -0.05) is 6.58 Å². The Morgan fingerprint density at radius 3 is 2.86 bits per heavy atom. The van der Waals surface area contributed by atoms with Gasteiger partial charge >= 0.3 is 0 Å². The van der Waals surface area contributed by atoms with Crippen LogP contribution < -0.4 is 10.6 Å². The lowest BCUT2D eigenvalue weighted by Gasteiger charge is -2.38. The van der Waals surface area contributed by atoms with Gasteiger partial charge in [-0.15, -0.1) is 11.3 Å². The second-order valence-electron chi connectivity index (χ2n) is 5.48. The summed E-state index contributed by atoms with van der Waals surface area (Å²) in [5.41, 5.74) is 1.83. The molecule has 2 aliphatic rings. The Labute approximate surface area is 139 Å². The second kappa shape index (κ2) is 6.36. The lowest BCUT2D eigenvalue weighted by molar-refractivity contribution is -0.139. The number of aryl methyl sites for hydroxylation is 1. The molecule has 5 nitrogen and oxygen atoms in total. The smallest absolute Gasteiger partial charge is 0.234 e. The zero-order valence-corrected chi connectivity index (χ0v) is 14.1. The second-order valence-corrected chi connectivity index (χ2v) is 6.84. The molecular formula is C15H19N3O2S2. The minimum Gasteiger partial charge on any atom is -0.378 e. The molecule has 0 unspecified atom stereocenters. The molecule has 0 spiro atoms. The molecule has 0 aliphatic carbocycles. The molecule has 1 aromatic rings. The molecule has 2 saturated heterocycles. The lowest BCUT2D eigenvalue weighted by Crippen LogP contribution is -2.55. The quantitative estimate of drug-likeness (QED) is 0.802. The van der Waals surface area contributed by atoms with E-state index in [0.29, 0.717) is 37.1 Å². The van der Waals surface area contributed by atoms with Gasteiger partial charge in [0, 0.05) is 23.7 Å². The molecule has 0 radical (unpaired) electrons. The Balaban J connectivity index is 1.90. The number of hydrogen-bond donors (Lipinski definition) is 2. The van der Waals surface area contributed by atoms with E-state index in [9.17, 15) is 4.79 Å². The average molecular weight is 337 g/mol. The first-order valence-electron chi connectivity index (χ1n) is 7.25. The van der Waals surface area contributed by atoms with Crippen LogP contribution in [0.25, 0.3) is 0 Å². The van der Waals surface area contributed by atoms with Crippen molar-refractivity contribution in [3.05, 3.63) is 34.2 Å². The van der Waals surface area contributed by atoms with Crippen molar-refractivity contribution < 1.29 is 9.53 Å². The predicted octanol–water partition coefficient (Wildman–Crippen LogP) is 1.56. The number of thiophene rings is 1. The zero-order valence-electron chi connectivity index (χ0n) is 12.4. The van der Waals surface area contributed by atoms with Crippen molar-refractivity contribution in [2.24, 2.45) is 5.92 Å². The summed E-state index contributed by atoms with van der Waals surface area (Å²) in [4.78, 5) is 16.0. The van der Waals surface area contributed by atoms with E-state index in [1.54, 1.807) is 11.3 Å². The fourth-order valence-electron chi connectivity index (χ4n) is 2.88. The minimum atomic E-state index is -0.359. The van der Waals surface area contributed by atoms with Gasteiger partial charge < -0.3 is 20.3 Å². The summed E-state index contributed by atoms with van der Waals surface area (Å²) in [7, 11) is 0. The van der Waals surface area contributed by atoms with Crippen LogP contribution in [0.3, 0.4) is 0 Å². The van der Waals surface area contributed by atoms with Crippen molar-refractivity contribution in [3.63, 3.8) is 0 Å². The van der Waals surface area contributed by atoms with E-state index in [-0.39, 0.29) is 17.9 Å². The van der Waals surface area contributed by atoms with Crippen LogP contribution in [0.5, 0.6) is 0 Å². The summed E-state index contributed by atoms with van der Waals surface area (Å²) >= 11 is 6.89. The maximum atomic E-state index is 13.0. The van der Waals surface area contributed by atoms with Crippen LogP contribution in [0.1, 0.15) is 16.5 Å². The number of nitrogens with zero attached hydrogens (tertiary/aromatic N) is 1. The molecule has 1 amide bonds. The first-order chi connectivity index (χ1) is 10.6. The number of nitrogens with one attached hydrogen (secondary N) is 2. The Bertz CT molecular complexity index is 608. The number of thiocarbonyl (C=S) groups is 1. The number of rotatable bonds is 2. The summed E-state index contributed by atoms with van der Waals surface area (Å²) in [5, 5.41) is 8.82. The van der Waals surface area contributed by atoms with E-state index in [1.807, 2.05) is 10.3 Å². The maximum Gasteiger partial charge on any atom is 0.234 e. The van der Waals surface area contributed by atoms with Crippen LogP contribution in [0.4, 0.5) is 0 Å². The summed E-state index contributed by atoms with van der Waals surface area (Å²) in [6.07, 6.45) is 0. The fourth-order valence-corrected chi connectivity index (χ4v) is 4.15. The normalized spacial score (nSPS) is 25.6. The highest BCUT2D eigenvalue weighted by Gasteiger charge is 2.40. The molecule has 118 valence electrons. The Hall–Kier alpha value is -1.44. The van der Waals surface area contributed by atoms with E-state index in [0.717, 1.165) is 4.88 Å². The summed E-state index contributed by atoms with van der Waals surface area (Å²) in [6.45, 7) is 8.53. The fraction of sp³-hybridized carbons (Fsp3) is 0.467. The molecule has 3 heterocycles. The molecule has 7 heteroatoms. The van der Waals surface area contributed by atoms with Crippen molar-refractivity contribution in [1.29, 1.82) is 0 Å². The monoisotopic (exact) mass is 337 g/mol. The van der Waals surface area contributed by atoms with E-state index in [1.165, 1.54) is 5.56 Å². The van der Waals surface area contributed by atoms with Crippen LogP contribution in [-0.4, -0.2) is 42.2 Å². The van der Waals surface area contributed by atoms with Crippen molar-refractivity contribution in [2.75, 3.05) is 26.3 Å². The number of carbonyl (C=O) groups is 1. The average Bonchev–Trinajstić information content (AvgIpc) is 2.93. The van der Waals surface area contributed by atoms with Gasteiger partial charge in [0.25, 0.3) is 0 Å². The summed E-state index contributed by atoms with van der Waals surface area (Å²) < 4.78 is 5.33. The molecular weight excluding hydrogens is 318 g/mol. The van der Waals surface area contributed by atoms with Gasteiger partial charge in [-0.25, -0.2) is 0 Å². The number of amides is 1. The molecule has 2 fully saturated rings. The van der Waals surface area contributed by atoms with Gasteiger partial charge in [-0.3, -0.25) is 4.79 Å². The molecule has 2 atom stereocenters. The third kappa shape index (κ3) is 2.88. The Morgan fingerprint density at radius 2 is 2.23 bits per heavy atom. The topological polar surface area (TPSA) is 53.6 Å². The van der Waals surface area contributed by atoms with Gasteiger partial charge in [0.15, 0.2) is 5.11 Å². The molecule has 3 rings (SSSR count). The standard InChI is InChI=1S/C15H19N3O2S2/c1-9-3-8-22-13(9)12-11(10(2)16-15(21)17-12)14(19)18-4-6-20-7-5-18/h3,8,11-12H,2,4-7H2,1H3,(H2,16,17,21)/t11-,12-/m1/s1. The predicted molar refractivity (Wildman–Crippen MR) is 90.7 cm³/mol. The van der Waals surface area contributed by atoms with Gasteiger partial charge in [0.2, 0.25) is 5.91 Å². The maximum absolute atomic E-state index is 13.0. The SMILES string of the molecule is C=C1NC(=S)N[C@@H](c2sccc2C)[C@@H]1C(=O)N1CCOCC1. The Kier molecular flexibility index (Phi) is 4.46. The molecule has 0 aromatic carbocycles. The Morgan fingerprint density at radius 1 is 1.50 bits per heavy atom. The van der Waals surface area contributed by atoms with Crippen LogP contribution in [-0.2, 0) is 9.53 Å². The molecule has 2 N–H and O–H groups in total. The van der Waals surface area contributed by atoms with Crippen molar-refractivity contribution >= 4 is 34.6 Å². The third-order valence-electron chi connectivity index (χ3n) is 4.04. The van der Waals surface area contributed by atoms with Crippen molar-refractivity contribution in [1.82, 2.24) is 15.5 Å². The van der Waals surface area contributed by atoms with E-state index in [2.05, 4.69) is 30.2 Å². The van der Waals surface area contributed by atoms with Crippen LogP contribution in [0.15, 0.2) is 23.7 Å². The number of morpholine rings is 1. The van der Waals surface area contributed by atoms with Gasteiger partial charge in [0.1, 0.15) is 5.92 Å². The number of hydrogen-bond acceptors (Lipinski definition) is 4. The largest absolute Gasteiger partial charge is 0.378 e. The summed E-state index contributed by atoms with van der Waals surface area (Å²) in [5.74, 6) is -0.282. The molecule has 0 bridgehead atoms. The zero-order chi connectivity index (χ0) is 15.7. The lowest BCUT2D eigenvalue weighted by atomic mass is 9.90. The van der Waals surface area contributed by atoms with E-state index < -0.39 is 0 Å². The van der Waals surface area contributed by atoms with Crippen LogP contribution in [0.2, 0.25) is 0 Å². The molecule has 1 aromatic heterocycles. The van der Waals surface area contributed by atoms with Crippen LogP contribution >= 0.6 is 23.6 Å². The first-order valence-corrected chi connectivity index (χ1v) is 8.53.